The Morgan fingerprint density at radius 1 is 1.67 bits per heavy atom. The van der Waals surface area contributed by atoms with Crippen LogP contribution in [0.3, 0.4) is 0 Å². The molecule has 0 N–H and O–H groups in total. The van der Waals surface area contributed by atoms with E-state index in [2.05, 4.69) is 43.5 Å². The van der Waals surface area contributed by atoms with E-state index in [1.54, 1.807) is 12.3 Å². The fraction of sp³-hybridized carbons (Fsp3) is 0. The van der Waals surface area contributed by atoms with Crippen molar-refractivity contribution < 1.29 is 0 Å². The molecule has 1 heterocycles. The topological polar surface area (TPSA) is 12.9 Å². The number of pyridine rings is 1. The van der Waals surface area contributed by atoms with Gasteiger partial charge in [-0.2, -0.15) is 0 Å². The number of hydrogen-bond donors (Lipinski definition) is 0. The van der Waals surface area contributed by atoms with Crippen LogP contribution in [0.1, 0.15) is 0 Å². The van der Waals surface area contributed by atoms with Gasteiger partial charge >= 0.3 is 0 Å². The molecular weight excluding hydrogens is 316 g/mol. The summed E-state index contributed by atoms with van der Waals surface area (Å²) in [6.45, 7) is 0. The van der Waals surface area contributed by atoms with Gasteiger partial charge in [0.2, 0.25) is 0 Å². The van der Waals surface area contributed by atoms with Crippen LogP contribution in [-0.2, 0) is 0 Å². The van der Waals surface area contributed by atoms with Gasteiger partial charge in [0, 0.05) is 14.2 Å². The van der Waals surface area contributed by atoms with E-state index < -0.39 is 0 Å². The molecule has 1 rings (SSSR count). The predicted octanol–water partition coefficient (Wildman–Crippen LogP) is 3.10. The minimum Gasteiger partial charge on any atom is -0.243 e. The van der Waals surface area contributed by atoms with Crippen LogP contribution in [0, 0.1) is 3.57 Å². The summed E-state index contributed by atoms with van der Waals surface area (Å²) < 4.78 is 2.06. The lowest BCUT2D eigenvalue weighted by molar-refractivity contribution is 1.29. The van der Waals surface area contributed by atoms with Gasteiger partial charge in [-0.05, 0) is 44.6 Å². The minimum atomic E-state index is 0.530. The summed E-state index contributed by atoms with van der Waals surface area (Å²) in [5.41, 5.74) is 0. The maximum absolute atomic E-state index is 5.58. The molecule has 1 nitrogen and oxygen atoms in total. The van der Waals surface area contributed by atoms with Gasteiger partial charge in [-0.3, -0.25) is 0 Å². The van der Waals surface area contributed by atoms with Crippen molar-refractivity contribution in [3.05, 3.63) is 25.5 Å². The highest BCUT2D eigenvalue weighted by Gasteiger charge is 1.95. The van der Waals surface area contributed by atoms with E-state index in [9.17, 15) is 0 Å². The lowest BCUT2D eigenvalue weighted by Crippen LogP contribution is -1.77. The molecule has 0 atom stereocenters. The molecule has 0 amide bonds. The van der Waals surface area contributed by atoms with Gasteiger partial charge in [-0.1, -0.05) is 11.6 Å². The number of rotatable bonds is 0. The molecule has 0 saturated heterocycles. The third kappa shape index (κ3) is 2.05. The molecule has 0 fully saturated rings. The van der Waals surface area contributed by atoms with Crippen LogP contribution >= 0.6 is 50.1 Å². The van der Waals surface area contributed by atoms with Crippen LogP contribution in [0.15, 0.2) is 16.7 Å². The van der Waals surface area contributed by atoms with Crippen molar-refractivity contribution in [2.75, 3.05) is 0 Å². The molecule has 0 aliphatic heterocycles. The smallest absolute Gasteiger partial charge is 0.130 e. The predicted molar refractivity (Wildman–Crippen MR) is 49.7 cm³/mol. The highest BCUT2D eigenvalue weighted by atomic mass is 127. The van der Waals surface area contributed by atoms with Gasteiger partial charge in [0.05, 0.1) is 0 Å². The first-order valence-corrected chi connectivity index (χ1v) is 4.41. The van der Waals surface area contributed by atoms with Crippen LogP contribution in [0.25, 0.3) is 0 Å². The second kappa shape index (κ2) is 3.16. The molecule has 0 bridgehead atoms. The zero-order chi connectivity index (χ0) is 6.85. The third-order valence-electron chi connectivity index (χ3n) is 0.775. The third-order valence-corrected chi connectivity index (χ3v) is 3.25. The summed E-state index contributed by atoms with van der Waals surface area (Å²) in [6, 6.07) is 1.80. The standard InChI is InChI=1S/C5H2BrClIN/c6-3-2-9-5(7)1-4(3)8/h1-2H. The Labute approximate surface area is 80.1 Å². The fourth-order valence-corrected chi connectivity index (χ4v) is 1.38. The van der Waals surface area contributed by atoms with E-state index in [0.717, 1.165) is 8.04 Å². The summed E-state index contributed by atoms with van der Waals surface area (Å²) in [4.78, 5) is 3.85. The second-order valence-electron chi connectivity index (χ2n) is 1.42. The van der Waals surface area contributed by atoms with Crippen LogP contribution in [0.2, 0.25) is 5.15 Å². The number of aromatic nitrogens is 1. The van der Waals surface area contributed by atoms with Gasteiger partial charge < -0.3 is 0 Å². The van der Waals surface area contributed by atoms with Crippen molar-refractivity contribution in [3.8, 4) is 0 Å². The van der Waals surface area contributed by atoms with E-state index in [-0.39, 0.29) is 0 Å². The SMILES string of the molecule is Clc1cc(I)c(Br)cn1. The highest BCUT2D eigenvalue weighted by Crippen LogP contribution is 2.19. The summed E-state index contributed by atoms with van der Waals surface area (Å²) in [6.07, 6.45) is 1.68. The molecule has 9 heavy (non-hydrogen) atoms. The van der Waals surface area contributed by atoms with E-state index in [1.165, 1.54) is 0 Å². The molecule has 48 valence electrons. The van der Waals surface area contributed by atoms with Gasteiger partial charge in [0.15, 0.2) is 0 Å². The van der Waals surface area contributed by atoms with E-state index >= 15 is 0 Å². The Hall–Kier alpha value is 0.650. The average Bonchev–Trinajstić information content (AvgIpc) is 1.80. The van der Waals surface area contributed by atoms with Crippen LogP contribution < -0.4 is 0 Å². The maximum atomic E-state index is 5.58. The molecule has 0 spiro atoms. The molecule has 1 aromatic heterocycles. The molecular formula is C5H2BrClIN. The Morgan fingerprint density at radius 3 is 2.78 bits per heavy atom. The molecule has 0 aliphatic rings. The summed E-state index contributed by atoms with van der Waals surface area (Å²) in [5, 5.41) is 0.530. The first-order valence-electron chi connectivity index (χ1n) is 2.16. The highest BCUT2D eigenvalue weighted by molar-refractivity contribution is 14.1. The molecule has 0 saturated carbocycles. The Kier molecular flexibility index (Phi) is 2.73. The molecule has 0 aromatic carbocycles. The van der Waals surface area contributed by atoms with E-state index in [0.29, 0.717) is 5.15 Å². The average molecular weight is 318 g/mol. The van der Waals surface area contributed by atoms with Crippen molar-refractivity contribution in [2.45, 2.75) is 0 Å². The lowest BCUT2D eigenvalue weighted by Gasteiger charge is -1.92. The molecule has 0 radical (unpaired) electrons. The molecule has 0 aliphatic carbocycles. The van der Waals surface area contributed by atoms with Crippen LogP contribution in [0.4, 0.5) is 0 Å². The van der Waals surface area contributed by atoms with E-state index in [1.807, 2.05) is 0 Å². The number of halogens is 3. The zero-order valence-electron chi connectivity index (χ0n) is 4.24. The van der Waals surface area contributed by atoms with Crippen molar-refractivity contribution >= 4 is 50.1 Å². The quantitative estimate of drug-likeness (QED) is 0.529. The summed E-state index contributed by atoms with van der Waals surface area (Å²) in [5.74, 6) is 0. The fourth-order valence-electron chi connectivity index (χ4n) is 0.391. The normalized spacial score (nSPS) is 9.67. The molecule has 4 heteroatoms. The first-order chi connectivity index (χ1) is 4.20. The number of hydrogen-bond acceptors (Lipinski definition) is 1. The van der Waals surface area contributed by atoms with Crippen molar-refractivity contribution in [3.63, 3.8) is 0 Å². The monoisotopic (exact) mass is 317 g/mol. The van der Waals surface area contributed by atoms with Gasteiger partial charge in [0.25, 0.3) is 0 Å². The van der Waals surface area contributed by atoms with Crippen molar-refractivity contribution in [1.29, 1.82) is 0 Å². The van der Waals surface area contributed by atoms with Crippen LogP contribution in [-0.4, -0.2) is 4.98 Å². The Morgan fingerprint density at radius 2 is 2.33 bits per heavy atom. The molecule has 0 unspecified atom stereocenters. The summed E-state index contributed by atoms with van der Waals surface area (Å²) >= 11 is 11.1. The minimum absolute atomic E-state index is 0.530. The van der Waals surface area contributed by atoms with Gasteiger partial charge in [0.1, 0.15) is 5.15 Å². The molecule has 1 aromatic rings. The van der Waals surface area contributed by atoms with Crippen molar-refractivity contribution in [1.82, 2.24) is 4.98 Å². The lowest BCUT2D eigenvalue weighted by atomic mass is 10.5. The van der Waals surface area contributed by atoms with Gasteiger partial charge in [-0.15, -0.1) is 0 Å². The van der Waals surface area contributed by atoms with Crippen molar-refractivity contribution in [2.24, 2.45) is 0 Å². The largest absolute Gasteiger partial charge is 0.243 e. The Bertz CT molecular complexity index is 228. The number of nitrogens with zero attached hydrogens (tertiary/aromatic N) is 1. The maximum Gasteiger partial charge on any atom is 0.130 e. The second-order valence-corrected chi connectivity index (χ2v) is 3.82. The van der Waals surface area contributed by atoms with Gasteiger partial charge in [-0.25, -0.2) is 4.98 Å². The van der Waals surface area contributed by atoms with E-state index in [4.69, 9.17) is 11.6 Å². The van der Waals surface area contributed by atoms with Crippen LogP contribution in [0.5, 0.6) is 0 Å². The zero-order valence-corrected chi connectivity index (χ0v) is 8.74. The first kappa shape index (κ1) is 7.75. The Balaban J connectivity index is 3.17. The summed E-state index contributed by atoms with van der Waals surface area (Å²) in [7, 11) is 0.